The van der Waals surface area contributed by atoms with E-state index in [4.69, 9.17) is 4.74 Å². The molecule has 0 radical (unpaired) electrons. The molecule has 1 heterocycles. The lowest BCUT2D eigenvalue weighted by Gasteiger charge is -2.20. The highest BCUT2D eigenvalue weighted by atomic mass is 16.5. The summed E-state index contributed by atoms with van der Waals surface area (Å²) < 4.78 is 4.97. The number of aliphatic hydroxyl groups is 1. The second kappa shape index (κ2) is 3.42. The van der Waals surface area contributed by atoms with Crippen LogP contribution in [0, 0.1) is 5.41 Å². The highest BCUT2D eigenvalue weighted by Crippen LogP contribution is 2.46. The fourth-order valence-corrected chi connectivity index (χ4v) is 2.67. The molecule has 0 spiro atoms. The van der Waals surface area contributed by atoms with E-state index in [1.54, 1.807) is 26.0 Å². The number of hydrogen-bond donors (Lipinski definition) is 1. The number of Topliss-reactive ketones (excluding diaryl/α,β-unsaturated/α-hetero) is 1. The van der Waals surface area contributed by atoms with Gasteiger partial charge in [0.05, 0.1) is 23.7 Å². The first-order chi connectivity index (χ1) is 8.43. The van der Waals surface area contributed by atoms with Crippen LogP contribution in [0.1, 0.15) is 51.8 Å². The Morgan fingerprint density at radius 3 is 2.72 bits per heavy atom. The average Bonchev–Trinajstić information content (AvgIpc) is 2.50. The normalized spacial score (nSPS) is 24.5. The Balaban J connectivity index is 2.22. The van der Waals surface area contributed by atoms with Gasteiger partial charge in [0.1, 0.15) is 0 Å². The number of hydrogen-bond acceptors (Lipinski definition) is 4. The number of rotatable bonds is 0. The minimum absolute atomic E-state index is 0.0632. The number of aliphatic hydroxyl groups excluding tert-OH is 1. The summed E-state index contributed by atoms with van der Waals surface area (Å²) in [5, 5.41) is 10.2. The number of fused-ring (bicyclic) bond motifs is 2. The minimum atomic E-state index is -0.861. The molecule has 18 heavy (non-hydrogen) atoms. The van der Waals surface area contributed by atoms with Crippen LogP contribution in [-0.2, 0) is 11.2 Å². The van der Waals surface area contributed by atoms with Crippen molar-refractivity contribution in [1.29, 1.82) is 0 Å². The fraction of sp³-hybridized carbons (Fsp3) is 0.429. The smallest absolute Gasteiger partial charge is 0.338 e. The summed E-state index contributed by atoms with van der Waals surface area (Å²) in [6.07, 6.45) is -0.238. The molecule has 4 nitrogen and oxygen atoms in total. The molecule has 3 rings (SSSR count). The highest BCUT2D eigenvalue weighted by molar-refractivity contribution is 6.06. The first kappa shape index (κ1) is 11.4. The van der Waals surface area contributed by atoms with Crippen molar-refractivity contribution in [2.24, 2.45) is 5.41 Å². The maximum Gasteiger partial charge on any atom is 0.338 e. The van der Waals surface area contributed by atoms with Crippen LogP contribution in [0.15, 0.2) is 12.1 Å². The van der Waals surface area contributed by atoms with Crippen molar-refractivity contribution in [3.05, 3.63) is 34.4 Å². The van der Waals surface area contributed by atoms with Crippen molar-refractivity contribution < 1.29 is 19.4 Å². The molecule has 0 saturated carbocycles. The van der Waals surface area contributed by atoms with Crippen LogP contribution in [0.3, 0.4) is 0 Å². The summed E-state index contributed by atoms with van der Waals surface area (Å²) >= 11 is 0. The van der Waals surface area contributed by atoms with Gasteiger partial charge < -0.3 is 9.84 Å². The molecule has 0 bridgehead atoms. The van der Waals surface area contributed by atoms with E-state index in [1.165, 1.54) is 0 Å². The summed E-state index contributed by atoms with van der Waals surface area (Å²) in [6.45, 7) is 3.79. The van der Waals surface area contributed by atoms with Crippen LogP contribution >= 0.6 is 0 Å². The number of carbonyl (C=O) groups is 2. The van der Waals surface area contributed by atoms with Crippen molar-refractivity contribution in [2.45, 2.75) is 26.4 Å². The Bertz CT molecular complexity index is 571. The van der Waals surface area contributed by atoms with E-state index in [0.717, 1.165) is 5.56 Å². The zero-order valence-electron chi connectivity index (χ0n) is 10.3. The fourth-order valence-electron chi connectivity index (χ4n) is 2.67. The van der Waals surface area contributed by atoms with E-state index in [1.807, 2.05) is 0 Å². The predicted molar refractivity (Wildman–Crippen MR) is 63.5 cm³/mol. The topological polar surface area (TPSA) is 63.6 Å². The van der Waals surface area contributed by atoms with E-state index < -0.39 is 11.5 Å². The summed E-state index contributed by atoms with van der Waals surface area (Å²) in [4.78, 5) is 23.9. The van der Waals surface area contributed by atoms with Crippen LogP contribution < -0.4 is 0 Å². The number of ether oxygens (including phenoxy) is 1. The number of cyclic esters (lactones) is 1. The van der Waals surface area contributed by atoms with Gasteiger partial charge in [0.15, 0.2) is 5.78 Å². The largest absolute Gasteiger partial charge is 0.462 e. The lowest BCUT2D eigenvalue weighted by molar-refractivity contribution is 0.0477. The second-order valence-electron chi connectivity index (χ2n) is 5.44. The maximum absolute atomic E-state index is 12.2. The molecule has 1 atom stereocenters. The first-order valence-corrected chi connectivity index (χ1v) is 5.99. The monoisotopic (exact) mass is 246 g/mol. The van der Waals surface area contributed by atoms with Crippen molar-refractivity contribution in [3.8, 4) is 0 Å². The molecule has 1 aromatic carbocycles. The Kier molecular flexibility index (Phi) is 2.17. The van der Waals surface area contributed by atoms with Crippen molar-refractivity contribution in [3.63, 3.8) is 0 Å². The van der Waals surface area contributed by atoms with E-state index in [-0.39, 0.29) is 11.8 Å². The number of esters is 1. The standard InChI is InChI=1S/C14H14O4/c1-14(2)11(15)9-5-7-3-4-18-13(17)8(7)6-10(9)12(14)16/h5-6,12,16H,3-4H2,1-2H3/t12-/m1/s1. The molecule has 2 aliphatic rings. The van der Waals surface area contributed by atoms with Gasteiger partial charge in [-0.1, -0.05) is 0 Å². The van der Waals surface area contributed by atoms with Gasteiger partial charge >= 0.3 is 5.97 Å². The van der Waals surface area contributed by atoms with Crippen LogP contribution in [0.4, 0.5) is 0 Å². The Hall–Kier alpha value is -1.68. The molecule has 0 fully saturated rings. The molecule has 4 heteroatoms. The molecule has 0 amide bonds. The molecule has 0 unspecified atom stereocenters. The van der Waals surface area contributed by atoms with Gasteiger partial charge in [0.2, 0.25) is 0 Å². The second-order valence-corrected chi connectivity index (χ2v) is 5.44. The van der Waals surface area contributed by atoms with Gasteiger partial charge in [-0.05, 0) is 37.1 Å². The number of benzene rings is 1. The molecule has 1 aliphatic heterocycles. The van der Waals surface area contributed by atoms with Crippen LogP contribution in [0.25, 0.3) is 0 Å². The van der Waals surface area contributed by atoms with Crippen LogP contribution in [-0.4, -0.2) is 23.5 Å². The zero-order chi connectivity index (χ0) is 13.1. The molecule has 94 valence electrons. The van der Waals surface area contributed by atoms with Crippen molar-refractivity contribution >= 4 is 11.8 Å². The Morgan fingerprint density at radius 1 is 1.28 bits per heavy atom. The zero-order valence-corrected chi connectivity index (χ0v) is 10.3. The molecular formula is C14H14O4. The predicted octanol–water partition coefficient (Wildman–Crippen LogP) is 1.66. The van der Waals surface area contributed by atoms with Gasteiger partial charge in [0, 0.05) is 12.0 Å². The van der Waals surface area contributed by atoms with E-state index in [0.29, 0.717) is 29.7 Å². The van der Waals surface area contributed by atoms with Gasteiger partial charge in [-0.2, -0.15) is 0 Å². The number of carbonyl (C=O) groups excluding carboxylic acids is 2. The minimum Gasteiger partial charge on any atom is -0.462 e. The molecule has 1 aliphatic carbocycles. The Labute approximate surface area is 105 Å². The molecular weight excluding hydrogens is 232 g/mol. The van der Waals surface area contributed by atoms with Crippen LogP contribution in [0.5, 0.6) is 0 Å². The SMILES string of the molecule is CC1(C)C(=O)c2cc3c(cc2[C@H]1O)C(=O)OCC3. The lowest BCUT2D eigenvalue weighted by atomic mass is 9.86. The molecule has 1 aromatic rings. The molecule has 1 N–H and O–H groups in total. The number of ketones is 1. The third-order valence-corrected chi connectivity index (χ3v) is 3.91. The quantitative estimate of drug-likeness (QED) is 0.707. The Morgan fingerprint density at radius 2 is 2.00 bits per heavy atom. The molecule has 0 saturated heterocycles. The van der Waals surface area contributed by atoms with Gasteiger partial charge in [-0.3, -0.25) is 4.79 Å². The summed E-state index contributed by atoms with van der Waals surface area (Å²) in [6, 6.07) is 3.36. The van der Waals surface area contributed by atoms with E-state index in [9.17, 15) is 14.7 Å². The third kappa shape index (κ3) is 1.29. The van der Waals surface area contributed by atoms with Crippen molar-refractivity contribution in [2.75, 3.05) is 6.61 Å². The lowest BCUT2D eigenvalue weighted by Crippen LogP contribution is -2.23. The van der Waals surface area contributed by atoms with Gasteiger partial charge in [-0.25, -0.2) is 4.79 Å². The summed E-state index contributed by atoms with van der Waals surface area (Å²) in [7, 11) is 0. The third-order valence-electron chi connectivity index (χ3n) is 3.91. The highest BCUT2D eigenvalue weighted by Gasteiger charge is 2.46. The van der Waals surface area contributed by atoms with Crippen molar-refractivity contribution in [1.82, 2.24) is 0 Å². The van der Waals surface area contributed by atoms with Gasteiger partial charge in [-0.15, -0.1) is 0 Å². The van der Waals surface area contributed by atoms with Gasteiger partial charge in [0.25, 0.3) is 0 Å². The molecule has 0 aromatic heterocycles. The van der Waals surface area contributed by atoms with Crippen LogP contribution in [0.2, 0.25) is 0 Å². The van der Waals surface area contributed by atoms with E-state index >= 15 is 0 Å². The summed E-state index contributed by atoms with van der Waals surface area (Å²) in [5.74, 6) is -0.435. The maximum atomic E-state index is 12.2. The van der Waals surface area contributed by atoms with E-state index in [2.05, 4.69) is 0 Å². The first-order valence-electron chi connectivity index (χ1n) is 5.99. The average molecular weight is 246 g/mol. The summed E-state index contributed by atoms with van der Waals surface area (Å²) in [5.41, 5.74) is 1.58.